The Kier molecular flexibility index (Phi) is 5.73. The Bertz CT molecular complexity index is 1020. The molecule has 2 aromatic carbocycles. The summed E-state index contributed by atoms with van der Waals surface area (Å²) >= 11 is 0. The molecule has 1 heterocycles. The van der Waals surface area contributed by atoms with Crippen molar-refractivity contribution in [2.75, 3.05) is 6.54 Å². The fraction of sp³-hybridized carbons (Fsp3) is 0.150. The summed E-state index contributed by atoms with van der Waals surface area (Å²) in [6.07, 6.45) is 3.87. The molecule has 0 radical (unpaired) electrons. The van der Waals surface area contributed by atoms with Gasteiger partial charge in [0.15, 0.2) is 11.6 Å². The zero-order valence-electron chi connectivity index (χ0n) is 14.8. The highest BCUT2D eigenvalue weighted by molar-refractivity contribution is 7.89. The van der Waals surface area contributed by atoms with Gasteiger partial charge in [-0.3, -0.25) is 4.79 Å². The fourth-order valence-corrected chi connectivity index (χ4v) is 3.53. The van der Waals surface area contributed by atoms with Gasteiger partial charge in [0.2, 0.25) is 10.0 Å². The van der Waals surface area contributed by atoms with Gasteiger partial charge in [-0.2, -0.15) is 0 Å². The highest BCUT2D eigenvalue weighted by Gasteiger charge is 2.14. The van der Waals surface area contributed by atoms with E-state index in [4.69, 9.17) is 0 Å². The number of ketones is 1. The molecule has 0 saturated heterocycles. The zero-order chi connectivity index (χ0) is 19.3. The van der Waals surface area contributed by atoms with Gasteiger partial charge >= 0.3 is 0 Å². The summed E-state index contributed by atoms with van der Waals surface area (Å²) in [7, 11) is -3.63. The van der Waals surface area contributed by atoms with Gasteiger partial charge in [-0.25, -0.2) is 23.1 Å². The van der Waals surface area contributed by atoms with Gasteiger partial charge in [0.05, 0.1) is 4.90 Å². The summed E-state index contributed by atoms with van der Waals surface area (Å²) in [5.74, 6) is 0.524. The summed E-state index contributed by atoms with van der Waals surface area (Å²) < 4.78 is 27.2. The van der Waals surface area contributed by atoms with E-state index in [1.807, 2.05) is 30.3 Å². The average Bonchev–Trinajstić information content (AvgIpc) is 2.69. The van der Waals surface area contributed by atoms with Crippen LogP contribution in [0.5, 0.6) is 0 Å². The molecule has 0 aliphatic carbocycles. The Balaban J connectivity index is 1.59. The molecule has 0 aliphatic rings. The van der Waals surface area contributed by atoms with E-state index in [9.17, 15) is 13.2 Å². The summed E-state index contributed by atoms with van der Waals surface area (Å²) in [5, 5.41) is 0. The molecule has 3 rings (SSSR count). The van der Waals surface area contributed by atoms with Crippen LogP contribution in [0.15, 0.2) is 71.9 Å². The Hall–Kier alpha value is -2.90. The van der Waals surface area contributed by atoms with Crippen molar-refractivity contribution in [1.82, 2.24) is 14.7 Å². The van der Waals surface area contributed by atoms with Crippen LogP contribution in [0.3, 0.4) is 0 Å². The molecule has 6 nitrogen and oxygen atoms in total. The smallest absolute Gasteiger partial charge is 0.240 e. The third kappa shape index (κ3) is 4.84. The van der Waals surface area contributed by atoms with Crippen LogP contribution in [0.1, 0.15) is 22.8 Å². The molecule has 1 N–H and O–H groups in total. The van der Waals surface area contributed by atoms with E-state index in [0.717, 1.165) is 11.1 Å². The maximum absolute atomic E-state index is 12.3. The number of hydrogen-bond donors (Lipinski definition) is 1. The maximum atomic E-state index is 12.3. The van der Waals surface area contributed by atoms with Crippen molar-refractivity contribution in [2.24, 2.45) is 0 Å². The van der Waals surface area contributed by atoms with Crippen LogP contribution in [0.25, 0.3) is 11.4 Å². The Morgan fingerprint density at radius 2 is 1.59 bits per heavy atom. The van der Waals surface area contributed by atoms with Crippen molar-refractivity contribution in [2.45, 2.75) is 18.2 Å². The Morgan fingerprint density at radius 3 is 2.19 bits per heavy atom. The molecule has 3 aromatic rings. The first-order valence-corrected chi connectivity index (χ1v) is 9.91. The minimum atomic E-state index is -3.63. The van der Waals surface area contributed by atoms with E-state index < -0.39 is 10.0 Å². The number of rotatable bonds is 7. The van der Waals surface area contributed by atoms with Crippen molar-refractivity contribution in [3.63, 3.8) is 0 Å². The van der Waals surface area contributed by atoms with Crippen LogP contribution >= 0.6 is 0 Å². The highest BCUT2D eigenvalue weighted by Crippen LogP contribution is 2.14. The van der Waals surface area contributed by atoms with Crippen LogP contribution in [0.4, 0.5) is 0 Å². The fourth-order valence-electron chi connectivity index (χ4n) is 2.50. The molecule has 0 unspecified atom stereocenters. The summed E-state index contributed by atoms with van der Waals surface area (Å²) in [4.78, 5) is 20.1. The molecule has 0 amide bonds. The number of nitrogens with one attached hydrogen (secondary N) is 1. The van der Waals surface area contributed by atoms with Gasteiger partial charge in [0.25, 0.3) is 0 Å². The molecule has 0 aliphatic heterocycles. The number of sulfonamides is 1. The highest BCUT2D eigenvalue weighted by atomic mass is 32.2. The van der Waals surface area contributed by atoms with Crippen LogP contribution in [-0.2, 0) is 16.4 Å². The van der Waals surface area contributed by atoms with Crippen LogP contribution in [0, 0.1) is 0 Å². The molecule has 27 heavy (non-hydrogen) atoms. The van der Waals surface area contributed by atoms with Gasteiger partial charge in [-0.1, -0.05) is 42.5 Å². The number of carbonyl (C=O) groups excluding carboxylic acids is 1. The minimum Gasteiger partial charge on any atom is -0.295 e. The van der Waals surface area contributed by atoms with Gasteiger partial charge < -0.3 is 0 Å². The first-order valence-electron chi connectivity index (χ1n) is 8.43. The van der Waals surface area contributed by atoms with Crippen LogP contribution in [-0.4, -0.2) is 30.7 Å². The predicted molar refractivity (Wildman–Crippen MR) is 103 cm³/mol. The molecule has 0 fully saturated rings. The monoisotopic (exact) mass is 381 g/mol. The molecular formula is C20H19N3O3S. The van der Waals surface area contributed by atoms with E-state index >= 15 is 0 Å². The Morgan fingerprint density at radius 1 is 0.963 bits per heavy atom. The predicted octanol–water partition coefficient (Wildman–Crippen LogP) is 2.87. The summed E-state index contributed by atoms with van der Waals surface area (Å²) in [6.45, 7) is 1.66. The van der Waals surface area contributed by atoms with Crippen molar-refractivity contribution in [3.8, 4) is 11.4 Å². The minimum absolute atomic E-state index is 0.106. The molecule has 0 bridgehead atoms. The SMILES string of the molecule is CC(=O)c1ccc(S(=O)(=O)NCCc2cnc(-c3ccccc3)nc2)cc1. The summed E-state index contributed by atoms with van der Waals surface area (Å²) in [5.41, 5.74) is 2.24. The number of nitrogens with zero attached hydrogens (tertiary/aromatic N) is 2. The maximum Gasteiger partial charge on any atom is 0.240 e. The Labute approximate surface area is 158 Å². The topological polar surface area (TPSA) is 89.0 Å². The number of Topliss-reactive ketones (excluding diaryl/α,β-unsaturated/α-hetero) is 1. The second kappa shape index (κ2) is 8.20. The quantitative estimate of drug-likeness (QED) is 0.636. The van der Waals surface area contributed by atoms with Crippen LogP contribution in [0.2, 0.25) is 0 Å². The normalized spacial score (nSPS) is 11.3. The lowest BCUT2D eigenvalue weighted by molar-refractivity contribution is 0.101. The van der Waals surface area contributed by atoms with Gasteiger partial charge in [-0.05, 0) is 31.0 Å². The van der Waals surface area contributed by atoms with Gasteiger partial charge in [-0.15, -0.1) is 0 Å². The lowest BCUT2D eigenvalue weighted by Crippen LogP contribution is -2.26. The number of carbonyl (C=O) groups is 1. The van der Waals surface area contributed by atoms with E-state index in [0.29, 0.717) is 17.8 Å². The first-order chi connectivity index (χ1) is 13.0. The summed E-state index contributed by atoms with van der Waals surface area (Å²) in [6, 6.07) is 15.5. The largest absolute Gasteiger partial charge is 0.295 e. The molecule has 0 spiro atoms. The molecule has 138 valence electrons. The second-order valence-electron chi connectivity index (χ2n) is 6.01. The van der Waals surface area contributed by atoms with E-state index in [-0.39, 0.29) is 17.2 Å². The van der Waals surface area contributed by atoms with E-state index in [1.165, 1.54) is 31.2 Å². The molecular weight excluding hydrogens is 362 g/mol. The molecule has 0 saturated carbocycles. The van der Waals surface area contributed by atoms with Gasteiger partial charge in [0.1, 0.15) is 0 Å². The van der Waals surface area contributed by atoms with Crippen LogP contribution < -0.4 is 4.72 Å². The van der Waals surface area contributed by atoms with E-state index in [1.54, 1.807) is 12.4 Å². The molecule has 0 atom stereocenters. The van der Waals surface area contributed by atoms with E-state index in [2.05, 4.69) is 14.7 Å². The lowest BCUT2D eigenvalue weighted by atomic mass is 10.2. The first kappa shape index (κ1) is 18.9. The second-order valence-corrected chi connectivity index (χ2v) is 7.78. The lowest BCUT2D eigenvalue weighted by Gasteiger charge is -2.07. The number of benzene rings is 2. The standard InChI is InChI=1S/C20H19N3O3S/c1-15(24)17-7-9-19(10-8-17)27(25,26)23-12-11-16-13-21-20(22-14-16)18-5-3-2-4-6-18/h2-10,13-14,23H,11-12H2,1H3. The molecule has 1 aromatic heterocycles. The van der Waals surface area contributed by atoms with Gasteiger partial charge in [0, 0.05) is 30.1 Å². The zero-order valence-corrected chi connectivity index (χ0v) is 15.6. The average molecular weight is 381 g/mol. The third-order valence-electron chi connectivity index (χ3n) is 4.01. The number of aromatic nitrogens is 2. The van der Waals surface area contributed by atoms with Crippen molar-refractivity contribution >= 4 is 15.8 Å². The van der Waals surface area contributed by atoms with Crippen molar-refractivity contribution in [1.29, 1.82) is 0 Å². The molecule has 7 heteroatoms. The number of hydrogen-bond acceptors (Lipinski definition) is 5. The van der Waals surface area contributed by atoms with Crippen molar-refractivity contribution in [3.05, 3.63) is 78.1 Å². The third-order valence-corrected chi connectivity index (χ3v) is 5.49. The van der Waals surface area contributed by atoms with Crippen molar-refractivity contribution < 1.29 is 13.2 Å².